The second-order valence-corrected chi connectivity index (χ2v) is 9.89. The highest BCUT2D eigenvalue weighted by Crippen LogP contribution is 2.24. The van der Waals surface area contributed by atoms with Gasteiger partial charge in [0.15, 0.2) is 0 Å². The van der Waals surface area contributed by atoms with Crippen molar-refractivity contribution in [2.24, 2.45) is 0 Å². The van der Waals surface area contributed by atoms with Gasteiger partial charge in [0, 0.05) is 18.2 Å². The Labute approximate surface area is 192 Å². The van der Waals surface area contributed by atoms with E-state index in [4.69, 9.17) is 16.3 Å². The Morgan fingerprint density at radius 2 is 1.88 bits per heavy atom. The number of benzene rings is 2. The smallest absolute Gasteiger partial charge is 0.253 e. The van der Waals surface area contributed by atoms with Crippen LogP contribution in [0.25, 0.3) is 0 Å². The molecular formula is C22H26ClN3O5S. The number of ether oxygens (including phenoxy) is 1. The number of para-hydroxylation sites is 1. The van der Waals surface area contributed by atoms with Crippen molar-refractivity contribution in [1.29, 1.82) is 0 Å². The van der Waals surface area contributed by atoms with Crippen molar-refractivity contribution in [2.75, 3.05) is 29.0 Å². The highest BCUT2D eigenvalue weighted by Gasteiger charge is 2.30. The van der Waals surface area contributed by atoms with Gasteiger partial charge in [-0.15, -0.1) is 0 Å². The number of carbonyl (C=O) groups excluding carboxylic acids is 2. The van der Waals surface area contributed by atoms with E-state index in [0.717, 1.165) is 23.4 Å². The van der Waals surface area contributed by atoms with E-state index < -0.39 is 22.0 Å². The largest absolute Gasteiger partial charge is 0.376 e. The zero-order valence-corrected chi connectivity index (χ0v) is 19.4. The maximum Gasteiger partial charge on any atom is 0.253 e. The quantitative estimate of drug-likeness (QED) is 0.605. The van der Waals surface area contributed by atoms with Crippen molar-refractivity contribution >= 4 is 44.8 Å². The predicted octanol–water partition coefficient (Wildman–Crippen LogP) is 3.04. The van der Waals surface area contributed by atoms with Crippen LogP contribution in [-0.4, -0.2) is 51.8 Å². The summed E-state index contributed by atoms with van der Waals surface area (Å²) in [6.07, 6.45) is 2.87. The summed E-state index contributed by atoms with van der Waals surface area (Å²) in [7, 11) is -3.78. The van der Waals surface area contributed by atoms with Gasteiger partial charge in [0.25, 0.3) is 5.91 Å². The van der Waals surface area contributed by atoms with Gasteiger partial charge in [0.2, 0.25) is 15.9 Å². The number of sulfonamides is 1. The summed E-state index contributed by atoms with van der Waals surface area (Å²) >= 11 is 5.90. The number of carbonyl (C=O) groups is 2. The van der Waals surface area contributed by atoms with Crippen LogP contribution in [0.3, 0.4) is 0 Å². The highest BCUT2D eigenvalue weighted by molar-refractivity contribution is 7.92. The van der Waals surface area contributed by atoms with E-state index in [1.165, 1.54) is 19.1 Å². The Morgan fingerprint density at radius 1 is 1.19 bits per heavy atom. The van der Waals surface area contributed by atoms with Gasteiger partial charge in [-0.25, -0.2) is 8.42 Å². The molecule has 2 amide bonds. The van der Waals surface area contributed by atoms with E-state index in [1.807, 2.05) is 0 Å². The summed E-state index contributed by atoms with van der Waals surface area (Å²) in [5.41, 5.74) is 0.879. The van der Waals surface area contributed by atoms with Gasteiger partial charge in [-0.3, -0.25) is 13.9 Å². The minimum atomic E-state index is -3.78. The molecule has 1 heterocycles. The molecule has 0 unspecified atom stereocenters. The van der Waals surface area contributed by atoms with Gasteiger partial charge in [0.05, 0.1) is 29.3 Å². The van der Waals surface area contributed by atoms with Crippen LogP contribution in [0, 0.1) is 0 Å². The lowest BCUT2D eigenvalue weighted by Gasteiger charge is -2.28. The lowest BCUT2D eigenvalue weighted by Crippen LogP contribution is -2.45. The fraction of sp³-hybridized carbons (Fsp3) is 0.364. The molecule has 3 rings (SSSR count). The van der Waals surface area contributed by atoms with Gasteiger partial charge in [0.1, 0.15) is 6.04 Å². The summed E-state index contributed by atoms with van der Waals surface area (Å²) in [4.78, 5) is 25.7. The predicted molar refractivity (Wildman–Crippen MR) is 125 cm³/mol. The third-order valence-electron chi connectivity index (χ3n) is 5.11. The Bertz CT molecular complexity index is 1070. The van der Waals surface area contributed by atoms with Crippen molar-refractivity contribution in [3.8, 4) is 0 Å². The minimum absolute atomic E-state index is 0.0107. The number of nitrogens with zero attached hydrogens (tertiary/aromatic N) is 1. The van der Waals surface area contributed by atoms with Crippen LogP contribution in [0.15, 0.2) is 48.5 Å². The van der Waals surface area contributed by atoms with Crippen LogP contribution in [-0.2, 0) is 19.6 Å². The fourth-order valence-corrected chi connectivity index (χ4v) is 4.83. The molecule has 2 aromatic carbocycles. The van der Waals surface area contributed by atoms with Crippen LogP contribution in [0.1, 0.15) is 30.1 Å². The monoisotopic (exact) mass is 479 g/mol. The molecule has 0 radical (unpaired) electrons. The van der Waals surface area contributed by atoms with Crippen LogP contribution in [0.2, 0.25) is 5.02 Å². The first-order chi connectivity index (χ1) is 15.2. The number of hydrogen-bond donors (Lipinski definition) is 2. The molecule has 2 atom stereocenters. The van der Waals surface area contributed by atoms with Crippen molar-refractivity contribution in [3.05, 3.63) is 59.1 Å². The van der Waals surface area contributed by atoms with Gasteiger partial charge in [-0.1, -0.05) is 23.7 Å². The molecule has 0 saturated carbocycles. The topological polar surface area (TPSA) is 105 Å². The molecule has 10 heteroatoms. The molecule has 0 aliphatic carbocycles. The lowest BCUT2D eigenvalue weighted by atomic mass is 10.1. The summed E-state index contributed by atoms with van der Waals surface area (Å²) in [5, 5.41) is 5.96. The maximum absolute atomic E-state index is 13.0. The fourth-order valence-electron chi connectivity index (χ4n) is 3.53. The van der Waals surface area contributed by atoms with E-state index in [9.17, 15) is 18.0 Å². The summed E-state index contributed by atoms with van der Waals surface area (Å²) in [6.45, 7) is 2.55. The molecule has 1 aliphatic rings. The second kappa shape index (κ2) is 10.3. The molecule has 172 valence electrons. The minimum Gasteiger partial charge on any atom is -0.376 e. The van der Waals surface area contributed by atoms with Crippen LogP contribution < -0.4 is 14.9 Å². The third kappa shape index (κ3) is 5.99. The molecule has 32 heavy (non-hydrogen) atoms. The van der Waals surface area contributed by atoms with Crippen LogP contribution >= 0.6 is 11.6 Å². The van der Waals surface area contributed by atoms with E-state index in [-0.39, 0.29) is 17.6 Å². The van der Waals surface area contributed by atoms with Gasteiger partial charge in [-0.2, -0.15) is 0 Å². The molecular weight excluding hydrogens is 454 g/mol. The molecule has 1 fully saturated rings. The van der Waals surface area contributed by atoms with E-state index in [2.05, 4.69) is 10.6 Å². The molecule has 8 nitrogen and oxygen atoms in total. The number of anilines is 2. The van der Waals surface area contributed by atoms with Gasteiger partial charge >= 0.3 is 0 Å². The van der Waals surface area contributed by atoms with Gasteiger partial charge in [-0.05, 0) is 56.2 Å². The molecule has 0 aromatic heterocycles. The van der Waals surface area contributed by atoms with Crippen molar-refractivity contribution < 1.29 is 22.7 Å². The third-order valence-corrected chi connectivity index (χ3v) is 6.61. The SMILES string of the molecule is C[C@H](C(=O)Nc1ccccc1C(=O)NC[C@H]1CCCO1)N(c1ccc(Cl)cc1)S(C)(=O)=O. The first kappa shape index (κ1) is 24.0. The van der Waals surface area contributed by atoms with E-state index in [0.29, 0.717) is 29.5 Å². The van der Waals surface area contributed by atoms with Crippen LogP contribution in [0.4, 0.5) is 11.4 Å². The van der Waals surface area contributed by atoms with Gasteiger partial charge < -0.3 is 15.4 Å². The average molecular weight is 480 g/mol. The highest BCUT2D eigenvalue weighted by atomic mass is 35.5. The Kier molecular flexibility index (Phi) is 7.76. The van der Waals surface area contributed by atoms with Crippen LogP contribution in [0.5, 0.6) is 0 Å². The first-order valence-electron chi connectivity index (χ1n) is 10.2. The number of halogens is 1. The number of nitrogens with one attached hydrogen (secondary N) is 2. The maximum atomic E-state index is 13.0. The molecule has 1 saturated heterocycles. The standard InChI is InChI=1S/C22H26ClN3O5S/c1-15(26(32(2,29)30)17-11-9-16(23)10-12-17)21(27)25-20-8-4-3-7-19(20)22(28)24-14-18-6-5-13-31-18/h3-4,7-12,15,18H,5-6,13-14H2,1-2H3,(H,24,28)(H,25,27)/t15-,18-/m1/s1. The summed E-state index contributed by atoms with van der Waals surface area (Å²) in [5.74, 6) is -0.925. The second-order valence-electron chi connectivity index (χ2n) is 7.59. The van der Waals surface area contributed by atoms with Crippen molar-refractivity contribution in [1.82, 2.24) is 5.32 Å². The van der Waals surface area contributed by atoms with E-state index >= 15 is 0 Å². The summed E-state index contributed by atoms with van der Waals surface area (Å²) < 4.78 is 31.4. The van der Waals surface area contributed by atoms with E-state index in [1.54, 1.807) is 36.4 Å². The Morgan fingerprint density at radius 3 is 2.50 bits per heavy atom. The van der Waals surface area contributed by atoms with Crippen molar-refractivity contribution in [3.63, 3.8) is 0 Å². The summed E-state index contributed by atoms with van der Waals surface area (Å²) in [6, 6.07) is 11.6. The number of amides is 2. The number of hydrogen-bond acceptors (Lipinski definition) is 5. The molecule has 0 spiro atoms. The molecule has 2 aromatic rings. The lowest BCUT2D eigenvalue weighted by molar-refractivity contribution is -0.116. The van der Waals surface area contributed by atoms with Crippen molar-refractivity contribution in [2.45, 2.75) is 31.9 Å². The normalized spacial score (nSPS) is 16.9. The zero-order valence-electron chi connectivity index (χ0n) is 17.9. The average Bonchev–Trinajstić information content (AvgIpc) is 3.26. The number of rotatable bonds is 8. The molecule has 1 aliphatic heterocycles. The molecule has 0 bridgehead atoms. The first-order valence-corrected chi connectivity index (χ1v) is 12.4. The Balaban J connectivity index is 1.76. The zero-order chi connectivity index (χ0) is 23.3. The Hall–Kier alpha value is -2.62. The molecule has 2 N–H and O–H groups in total.